The van der Waals surface area contributed by atoms with Crippen LogP contribution < -0.4 is 0 Å². The van der Waals surface area contributed by atoms with Crippen molar-refractivity contribution >= 4 is 11.8 Å². The Morgan fingerprint density at radius 1 is 1.09 bits per heavy atom. The summed E-state index contributed by atoms with van der Waals surface area (Å²) in [5.41, 5.74) is 0. The van der Waals surface area contributed by atoms with Gasteiger partial charge in [0.05, 0.1) is 31.2 Å². The van der Waals surface area contributed by atoms with E-state index in [0.717, 1.165) is 26.4 Å². The smallest absolute Gasteiger partial charge is 0.0701 e. The molecule has 0 aromatic carbocycles. The number of hydrogen-bond acceptors (Lipinski definition) is 3. The normalized spacial score (nSPS) is 30.5. The van der Waals surface area contributed by atoms with E-state index >= 15 is 0 Å². The lowest BCUT2D eigenvalue weighted by atomic mass is 10.1. The van der Waals surface area contributed by atoms with Crippen LogP contribution in [0, 0.1) is 0 Å². The van der Waals surface area contributed by atoms with Crippen molar-refractivity contribution in [2.45, 2.75) is 17.6 Å². The van der Waals surface area contributed by atoms with Gasteiger partial charge in [0, 0.05) is 0 Å². The molecular formula is C8H14O2S. The summed E-state index contributed by atoms with van der Waals surface area (Å²) in [5, 5.41) is 0. The fourth-order valence-electron chi connectivity index (χ4n) is 1.66. The Hall–Kier alpha value is 0.270. The van der Waals surface area contributed by atoms with Crippen LogP contribution in [-0.2, 0) is 9.47 Å². The van der Waals surface area contributed by atoms with E-state index < -0.39 is 0 Å². The molecule has 0 radical (unpaired) electrons. The zero-order chi connectivity index (χ0) is 7.57. The Morgan fingerprint density at radius 2 is 1.82 bits per heavy atom. The average Bonchev–Trinajstić information content (AvgIpc) is 2.32. The minimum Gasteiger partial charge on any atom is -0.378 e. The fourth-order valence-corrected chi connectivity index (χ4v) is 3.00. The van der Waals surface area contributed by atoms with Crippen molar-refractivity contribution in [2.24, 2.45) is 0 Å². The second-order valence-electron chi connectivity index (χ2n) is 3.24. The van der Waals surface area contributed by atoms with Gasteiger partial charge < -0.3 is 9.47 Å². The molecule has 2 heterocycles. The summed E-state index contributed by atoms with van der Waals surface area (Å²) in [5.74, 6) is 1.28. The maximum absolute atomic E-state index is 5.49. The molecule has 11 heavy (non-hydrogen) atoms. The van der Waals surface area contributed by atoms with E-state index in [-0.39, 0.29) is 0 Å². The van der Waals surface area contributed by atoms with E-state index in [9.17, 15) is 0 Å². The van der Waals surface area contributed by atoms with Crippen molar-refractivity contribution in [3.8, 4) is 0 Å². The van der Waals surface area contributed by atoms with Crippen LogP contribution in [0.5, 0.6) is 0 Å². The Labute approximate surface area is 71.6 Å². The van der Waals surface area contributed by atoms with Gasteiger partial charge in [-0.2, -0.15) is 11.8 Å². The molecule has 0 N–H and O–H groups in total. The molecule has 1 spiro atoms. The van der Waals surface area contributed by atoms with Crippen molar-refractivity contribution in [3.63, 3.8) is 0 Å². The van der Waals surface area contributed by atoms with Crippen LogP contribution in [0.25, 0.3) is 0 Å². The number of rotatable bonds is 0. The van der Waals surface area contributed by atoms with Crippen molar-refractivity contribution in [1.82, 2.24) is 0 Å². The molecule has 0 atom stereocenters. The third-order valence-corrected chi connectivity index (χ3v) is 3.83. The van der Waals surface area contributed by atoms with Gasteiger partial charge in [-0.1, -0.05) is 0 Å². The first-order chi connectivity index (χ1) is 5.41. The topological polar surface area (TPSA) is 18.5 Å². The van der Waals surface area contributed by atoms with Crippen LogP contribution in [0.1, 0.15) is 12.8 Å². The standard InChI is InChI=1S/C8H14O2S/c1-2-8(11-5-1)6-9-3-4-10-7-8/h1-7H2. The highest BCUT2D eigenvalue weighted by atomic mass is 32.2. The highest BCUT2D eigenvalue weighted by Crippen LogP contribution is 2.39. The third kappa shape index (κ3) is 1.71. The van der Waals surface area contributed by atoms with E-state index in [4.69, 9.17) is 9.47 Å². The maximum atomic E-state index is 5.49. The molecular weight excluding hydrogens is 160 g/mol. The van der Waals surface area contributed by atoms with Crippen LogP contribution in [-0.4, -0.2) is 36.9 Å². The molecule has 0 bridgehead atoms. The predicted molar refractivity (Wildman–Crippen MR) is 46.1 cm³/mol. The summed E-state index contributed by atoms with van der Waals surface area (Å²) in [6, 6.07) is 0. The highest BCUT2D eigenvalue weighted by Gasteiger charge is 2.36. The van der Waals surface area contributed by atoms with Gasteiger partial charge in [-0.3, -0.25) is 0 Å². The SMILES string of the molecule is C1CSC2(C1)COCCOC2. The van der Waals surface area contributed by atoms with E-state index in [0.29, 0.717) is 4.75 Å². The second kappa shape index (κ2) is 3.33. The van der Waals surface area contributed by atoms with Gasteiger partial charge in [0.25, 0.3) is 0 Å². The van der Waals surface area contributed by atoms with Crippen LogP contribution in [0.3, 0.4) is 0 Å². The average molecular weight is 174 g/mol. The summed E-state index contributed by atoms with van der Waals surface area (Å²) in [6.07, 6.45) is 2.61. The quantitative estimate of drug-likeness (QED) is 0.551. The molecule has 2 aliphatic rings. The lowest BCUT2D eigenvalue weighted by molar-refractivity contribution is 0.103. The Bertz CT molecular complexity index is 122. The van der Waals surface area contributed by atoms with Gasteiger partial charge in [-0.25, -0.2) is 0 Å². The first-order valence-electron chi connectivity index (χ1n) is 4.21. The van der Waals surface area contributed by atoms with Gasteiger partial charge in [-0.05, 0) is 18.6 Å². The minimum absolute atomic E-state index is 0.330. The fraction of sp³-hybridized carbons (Fsp3) is 1.00. The van der Waals surface area contributed by atoms with E-state index in [1.165, 1.54) is 18.6 Å². The predicted octanol–water partition coefficient (Wildman–Crippen LogP) is 1.30. The van der Waals surface area contributed by atoms with Gasteiger partial charge in [0.15, 0.2) is 0 Å². The summed E-state index contributed by atoms with van der Waals surface area (Å²) in [7, 11) is 0. The van der Waals surface area contributed by atoms with Gasteiger partial charge in [0.1, 0.15) is 0 Å². The van der Waals surface area contributed by atoms with Crippen molar-refractivity contribution < 1.29 is 9.47 Å². The van der Waals surface area contributed by atoms with E-state index in [1.807, 2.05) is 11.8 Å². The van der Waals surface area contributed by atoms with Gasteiger partial charge in [0.2, 0.25) is 0 Å². The van der Waals surface area contributed by atoms with Crippen LogP contribution >= 0.6 is 11.8 Å². The van der Waals surface area contributed by atoms with Crippen molar-refractivity contribution in [3.05, 3.63) is 0 Å². The summed E-state index contributed by atoms with van der Waals surface area (Å²) in [4.78, 5) is 0. The van der Waals surface area contributed by atoms with E-state index in [2.05, 4.69) is 0 Å². The lowest BCUT2D eigenvalue weighted by Crippen LogP contribution is -2.31. The summed E-state index contributed by atoms with van der Waals surface area (Å²) < 4.78 is 11.3. The highest BCUT2D eigenvalue weighted by molar-refractivity contribution is 8.00. The molecule has 0 saturated carbocycles. The molecule has 2 nitrogen and oxygen atoms in total. The monoisotopic (exact) mass is 174 g/mol. The first kappa shape index (κ1) is 7.90. The largest absolute Gasteiger partial charge is 0.378 e. The lowest BCUT2D eigenvalue weighted by Gasteiger charge is -2.24. The summed E-state index contributed by atoms with van der Waals surface area (Å²) >= 11 is 2.03. The zero-order valence-electron chi connectivity index (χ0n) is 6.67. The zero-order valence-corrected chi connectivity index (χ0v) is 7.49. The first-order valence-corrected chi connectivity index (χ1v) is 5.19. The molecule has 0 aromatic heterocycles. The molecule has 0 unspecified atom stereocenters. The molecule has 3 heteroatoms. The number of ether oxygens (including phenoxy) is 2. The Balaban J connectivity index is 1.97. The van der Waals surface area contributed by atoms with Crippen molar-refractivity contribution in [2.75, 3.05) is 32.2 Å². The van der Waals surface area contributed by atoms with Gasteiger partial charge in [-0.15, -0.1) is 0 Å². The van der Waals surface area contributed by atoms with Gasteiger partial charge >= 0.3 is 0 Å². The molecule has 64 valence electrons. The molecule has 0 aliphatic carbocycles. The van der Waals surface area contributed by atoms with Crippen molar-refractivity contribution in [1.29, 1.82) is 0 Å². The van der Waals surface area contributed by atoms with Crippen LogP contribution in [0.2, 0.25) is 0 Å². The molecule has 0 amide bonds. The minimum atomic E-state index is 0.330. The number of hydrogen-bond donors (Lipinski definition) is 0. The van der Waals surface area contributed by atoms with Crippen LogP contribution in [0.4, 0.5) is 0 Å². The molecule has 2 rings (SSSR count). The third-order valence-electron chi connectivity index (χ3n) is 2.29. The Morgan fingerprint density at radius 3 is 2.36 bits per heavy atom. The molecule has 2 fully saturated rings. The second-order valence-corrected chi connectivity index (χ2v) is 4.80. The van der Waals surface area contributed by atoms with Crippen LogP contribution in [0.15, 0.2) is 0 Å². The van der Waals surface area contributed by atoms with E-state index in [1.54, 1.807) is 0 Å². The molecule has 2 saturated heterocycles. The maximum Gasteiger partial charge on any atom is 0.0701 e. The number of thioether (sulfide) groups is 1. The molecule has 2 aliphatic heterocycles. The molecule has 0 aromatic rings. The summed E-state index contributed by atoms with van der Waals surface area (Å²) in [6.45, 7) is 3.36. The Kier molecular flexibility index (Phi) is 2.39.